The number of H-pyrrole nitrogens is 6. The van der Waals surface area contributed by atoms with Gasteiger partial charge in [-0.05, 0) is 73.3 Å². The van der Waals surface area contributed by atoms with E-state index in [1.54, 1.807) is 28.2 Å². The number of aromatic hydroxyl groups is 3. The standard InChI is InChI=1S/3C6H4N4O2S2.2C3H7NO.4H2O/c3*11-3-1(7-5(13)9-3)2-4(12)10-6(14)8-2;2*1-4(2)3-5;;;;/h3*11H,(H2,7,9,13)(H,10,12,14);2*3H,1-2H3;4*1H2. The van der Waals surface area contributed by atoms with E-state index in [-0.39, 0.29) is 103 Å². The molecule has 26 nitrogen and oxygen atoms in total. The first kappa shape index (κ1) is 54.5. The van der Waals surface area contributed by atoms with Crippen molar-refractivity contribution in [3.05, 3.63) is 31.4 Å². The zero-order valence-electron chi connectivity index (χ0n) is 28.7. The number of rotatable bonds is 5. The van der Waals surface area contributed by atoms with Crippen LogP contribution in [0.5, 0.6) is 17.6 Å². The van der Waals surface area contributed by atoms with E-state index in [1.165, 1.54) is 9.80 Å². The summed E-state index contributed by atoms with van der Waals surface area (Å²) in [7, 11) is 6.75. The van der Waals surface area contributed by atoms with Gasteiger partial charge in [0, 0.05) is 28.2 Å². The van der Waals surface area contributed by atoms with E-state index in [2.05, 4.69) is 97.5 Å². The molecule has 0 fully saturated rings. The Kier molecular flexibility index (Phi) is 23.9. The van der Waals surface area contributed by atoms with Gasteiger partial charge >= 0.3 is 0 Å². The summed E-state index contributed by atoms with van der Waals surface area (Å²) < 4.78 is 0.641. The van der Waals surface area contributed by atoms with Crippen LogP contribution in [0.4, 0.5) is 0 Å². The lowest BCUT2D eigenvalue weighted by Crippen LogP contribution is -2.25. The van der Waals surface area contributed by atoms with E-state index in [4.69, 9.17) is 36.7 Å². The van der Waals surface area contributed by atoms with Crippen LogP contribution in [0.25, 0.3) is 0 Å². The minimum absolute atomic E-state index is 0. The average Bonchev–Trinajstić information content (AvgIpc) is 3.89. The summed E-state index contributed by atoms with van der Waals surface area (Å²) in [6.45, 7) is 0. The Balaban J connectivity index is -0.000000651. The number of hydrogen-bond donors (Lipinski definition) is 12. The molecule has 0 saturated heterocycles. The van der Waals surface area contributed by atoms with Gasteiger partial charge in [0.15, 0.2) is 31.4 Å². The topological polar surface area (TPSA) is 446 Å². The van der Waals surface area contributed by atoms with Crippen LogP contribution in [-0.4, -0.2) is 168 Å². The van der Waals surface area contributed by atoms with Crippen LogP contribution in [-0.2, 0) is 24.0 Å². The molecule has 0 unspecified atom stereocenters. The van der Waals surface area contributed by atoms with Crippen molar-refractivity contribution < 1.29 is 61.2 Å². The molecule has 0 radical (unpaired) electrons. The van der Waals surface area contributed by atoms with Gasteiger partial charge in [-0.2, -0.15) is 0 Å². The Labute approximate surface area is 343 Å². The van der Waals surface area contributed by atoms with E-state index >= 15 is 0 Å². The van der Waals surface area contributed by atoms with Crippen LogP contribution in [0.15, 0.2) is 15.0 Å². The van der Waals surface area contributed by atoms with Crippen molar-refractivity contribution in [3.8, 4) is 17.6 Å². The number of aromatic nitrogens is 6. The van der Waals surface area contributed by atoms with Crippen molar-refractivity contribution in [2.24, 2.45) is 15.0 Å². The van der Waals surface area contributed by atoms with Crippen molar-refractivity contribution in [3.63, 3.8) is 0 Å². The minimum Gasteiger partial charge on any atom is -0.493 e. The second-order valence-electron chi connectivity index (χ2n) is 9.71. The second-order valence-corrected chi connectivity index (χ2v) is 12.1. The molecule has 3 aliphatic heterocycles. The molecule has 3 aliphatic rings. The number of carbonyl (C=O) groups excluding carboxylic acids is 5. The molecule has 6 rings (SSSR count). The Morgan fingerprint density at radius 1 is 0.464 bits per heavy atom. The molecule has 308 valence electrons. The Morgan fingerprint density at radius 3 is 0.768 bits per heavy atom. The van der Waals surface area contributed by atoms with Crippen molar-refractivity contribution >= 4 is 136 Å². The molecule has 5 amide bonds. The number of aliphatic imine (C=N–C) groups is 3. The quantitative estimate of drug-likeness (QED) is 0.0860. The summed E-state index contributed by atoms with van der Waals surface area (Å²) in [5, 5.41) is 35.2. The highest BCUT2D eigenvalue weighted by atomic mass is 32.1. The predicted molar refractivity (Wildman–Crippen MR) is 219 cm³/mol. The lowest BCUT2D eigenvalue weighted by molar-refractivity contribution is -0.116. The Bertz CT molecular complexity index is 1970. The third-order valence-electron chi connectivity index (χ3n) is 5.20. The maximum absolute atomic E-state index is 11.2. The van der Waals surface area contributed by atoms with Crippen molar-refractivity contribution in [1.82, 2.24) is 55.7 Å². The zero-order chi connectivity index (χ0) is 39.4. The van der Waals surface area contributed by atoms with E-state index in [9.17, 15) is 39.3 Å². The molecule has 3 aromatic heterocycles. The highest BCUT2D eigenvalue weighted by Crippen LogP contribution is 2.16. The van der Waals surface area contributed by atoms with E-state index < -0.39 is 17.7 Å². The lowest BCUT2D eigenvalue weighted by Gasteiger charge is -1.93. The maximum atomic E-state index is 11.2. The van der Waals surface area contributed by atoms with Crippen LogP contribution < -0.4 is 16.0 Å². The molecule has 3 aromatic rings. The van der Waals surface area contributed by atoms with Crippen LogP contribution >= 0.6 is 73.3 Å². The summed E-state index contributed by atoms with van der Waals surface area (Å²) in [5.41, 5.74) is 0.520. The summed E-state index contributed by atoms with van der Waals surface area (Å²) in [4.78, 5) is 81.8. The first-order chi connectivity index (χ1) is 24.3. The summed E-state index contributed by atoms with van der Waals surface area (Å²) >= 11 is 28.2. The van der Waals surface area contributed by atoms with Crippen LogP contribution in [0.2, 0.25) is 0 Å². The molecule has 0 atom stereocenters. The van der Waals surface area contributed by atoms with E-state index in [0.29, 0.717) is 0 Å². The van der Waals surface area contributed by atoms with Gasteiger partial charge in [0.25, 0.3) is 17.7 Å². The smallest absolute Gasteiger partial charge is 0.278 e. The third-order valence-corrected chi connectivity index (χ3v) is 6.39. The van der Waals surface area contributed by atoms with Gasteiger partial charge in [0.2, 0.25) is 45.8 Å². The highest BCUT2D eigenvalue weighted by Gasteiger charge is 2.28. The Hall–Kier alpha value is -5.84. The molecule has 0 aliphatic carbocycles. The number of hydrogen-bond acceptors (Lipinski definition) is 14. The number of amides is 5. The predicted octanol–water partition coefficient (Wildman–Crippen LogP) is -3.94. The average molecular weight is 903 g/mol. The maximum Gasteiger partial charge on any atom is 0.278 e. The zero-order valence-corrected chi connectivity index (χ0v) is 33.6. The first-order valence-corrected chi connectivity index (χ1v) is 15.8. The fraction of sp³-hybridized carbons (Fsp3) is 0.167. The van der Waals surface area contributed by atoms with Crippen LogP contribution in [0, 0.1) is 14.3 Å². The summed E-state index contributed by atoms with van der Waals surface area (Å²) in [6.07, 6.45) is 1.50. The van der Waals surface area contributed by atoms with Gasteiger partial charge in [0.05, 0.1) is 0 Å². The van der Waals surface area contributed by atoms with Crippen molar-refractivity contribution in [2.75, 3.05) is 28.2 Å². The SMILES string of the molecule is CN(C)C=O.CN(C)C=O.O.O.O.O.O=C1NC(=S)N=C1c1[nH]c(=S)[nH]c1O.O=C1NC(=S)N=C1c1[nH]c(=S)[nH]c1O.O=C1NC(=S)N=C1c1[nH]c(=S)[nH]c1O. The fourth-order valence-corrected chi connectivity index (χ4v) is 4.30. The number of imidazole rings is 3. The molecule has 32 heteroatoms. The molecule has 20 N–H and O–H groups in total. The summed E-state index contributed by atoms with van der Waals surface area (Å²) in [5.74, 6) is -2.07. The van der Waals surface area contributed by atoms with E-state index in [0.717, 1.165) is 12.8 Å². The molecule has 0 aromatic carbocycles. The molecular weight excluding hydrogens is 869 g/mol. The largest absolute Gasteiger partial charge is 0.493 e. The molecule has 6 heterocycles. The van der Waals surface area contributed by atoms with Gasteiger partial charge in [-0.25, -0.2) is 15.0 Å². The van der Waals surface area contributed by atoms with Crippen LogP contribution in [0.1, 0.15) is 17.1 Å². The van der Waals surface area contributed by atoms with Gasteiger partial charge < -0.3 is 76.9 Å². The number of aromatic amines is 6. The number of carbonyl (C=O) groups is 5. The molecule has 0 saturated carbocycles. The number of thiocarbonyl (C=S) groups is 3. The molecule has 56 heavy (non-hydrogen) atoms. The monoisotopic (exact) mass is 902 g/mol. The normalized spacial score (nSPS) is 12.9. The fourth-order valence-electron chi connectivity index (χ4n) is 3.15. The van der Waals surface area contributed by atoms with Gasteiger partial charge in [-0.3, -0.25) is 39.9 Å². The van der Waals surface area contributed by atoms with Gasteiger partial charge in [-0.1, -0.05) is 0 Å². The first-order valence-electron chi connectivity index (χ1n) is 13.4. The van der Waals surface area contributed by atoms with Gasteiger partial charge in [-0.15, -0.1) is 0 Å². The molecule has 0 spiro atoms. The van der Waals surface area contributed by atoms with E-state index in [1.807, 2.05) is 0 Å². The summed E-state index contributed by atoms with van der Waals surface area (Å²) in [6, 6.07) is 0. The molecule has 0 bridgehead atoms. The van der Waals surface area contributed by atoms with Crippen molar-refractivity contribution in [1.29, 1.82) is 0 Å². The van der Waals surface area contributed by atoms with Crippen LogP contribution in [0.3, 0.4) is 0 Å². The minimum atomic E-state index is -0.462. The third kappa shape index (κ3) is 15.9. The molecular formula is C24H34N14O12S6. The van der Waals surface area contributed by atoms with Crippen molar-refractivity contribution in [2.45, 2.75) is 0 Å². The second kappa shape index (κ2) is 24.5. The Morgan fingerprint density at radius 2 is 0.661 bits per heavy atom. The highest BCUT2D eigenvalue weighted by molar-refractivity contribution is 7.80. The van der Waals surface area contributed by atoms with Gasteiger partial charge in [0.1, 0.15) is 17.1 Å². The number of nitrogens with one attached hydrogen (secondary N) is 9. The lowest BCUT2D eigenvalue weighted by atomic mass is 10.3. The number of nitrogens with zero attached hydrogens (tertiary/aromatic N) is 5.